The zero-order valence-corrected chi connectivity index (χ0v) is 7.46. The molecule has 0 aromatic carbocycles. The lowest BCUT2D eigenvalue weighted by molar-refractivity contribution is 0.289. The van der Waals surface area contributed by atoms with Crippen LogP contribution in [0.3, 0.4) is 0 Å². The van der Waals surface area contributed by atoms with Crippen LogP contribution in [-0.4, -0.2) is 6.61 Å². The molecule has 1 aliphatic rings. The normalized spacial score (nSPS) is 17.5. The van der Waals surface area contributed by atoms with Crippen molar-refractivity contribution in [1.82, 2.24) is 0 Å². The summed E-state index contributed by atoms with van der Waals surface area (Å²) in [4.78, 5) is 0. The molecule has 1 nitrogen and oxygen atoms in total. The maximum Gasteiger partial charge on any atom is 0.105 e. The van der Waals surface area contributed by atoms with Gasteiger partial charge >= 0.3 is 0 Å². The Morgan fingerprint density at radius 2 is 2.42 bits per heavy atom. The monoisotopic (exact) mass is 164 g/mol. The van der Waals surface area contributed by atoms with Crippen LogP contribution in [0.15, 0.2) is 36.6 Å². The van der Waals surface area contributed by atoms with E-state index in [1.165, 1.54) is 31.3 Å². The summed E-state index contributed by atoms with van der Waals surface area (Å²) in [5.74, 6) is 0. The van der Waals surface area contributed by atoms with Gasteiger partial charge in [0.25, 0.3) is 0 Å². The fourth-order valence-electron chi connectivity index (χ4n) is 1.27. The van der Waals surface area contributed by atoms with E-state index in [1.54, 1.807) is 12.3 Å². The van der Waals surface area contributed by atoms with Crippen LogP contribution in [-0.2, 0) is 4.74 Å². The Labute approximate surface area is 74.4 Å². The molecule has 0 radical (unpaired) electrons. The summed E-state index contributed by atoms with van der Waals surface area (Å²) < 4.78 is 5.15. The zero-order chi connectivity index (χ0) is 8.65. The molecule has 0 aliphatic heterocycles. The van der Waals surface area contributed by atoms with Crippen molar-refractivity contribution in [2.24, 2.45) is 0 Å². The van der Waals surface area contributed by atoms with Crippen LogP contribution >= 0.6 is 0 Å². The summed E-state index contributed by atoms with van der Waals surface area (Å²) in [5, 5.41) is 0. The third-order valence-electron chi connectivity index (χ3n) is 1.92. The van der Waals surface area contributed by atoms with Gasteiger partial charge in [-0.15, -0.1) is 0 Å². The molecule has 0 amide bonds. The maximum absolute atomic E-state index is 5.15. The van der Waals surface area contributed by atoms with E-state index >= 15 is 0 Å². The Balaban J connectivity index is 2.23. The van der Waals surface area contributed by atoms with Crippen LogP contribution in [0.2, 0.25) is 0 Å². The zero-order valence-electron chi connectivity index (χ0n) is 7.46. The highest BCUT2D eigenvalue weighted by Crippen LogP contribution is 2.17. The lowest BCUT2D eigenvalue weighted by Gasteiger charge is -2.07. The van der Waals surface area contributed by atoms with E-state index in [9.17, 15) is 0 Å². The molecule has 0 spiro atoms. The molecular formula is C11H16O. The minimum Gasteiger partial charge on any atom is -0.497 e. The molecule has 0 fully saturated rings. The minimum atomic E-state index is 0.601. The lowest BCUT2D eigenvalue weighted by Crippen LogP contribution is -1.88. The smallest absolute Gasteiger partial charge is 0.105 e. The van der Waals surface area contributed by atoms with E-state index in [0.717, 1.165) is 0 Å². The molecule has 0 N–H and O–H groups in total. The molecule has 1 rings (SSSR count). The van der Waals surface area contributed by atoms with Gasteiger partial charge in [-0.2, -0.15) is 0 Å². The first-order chi connectivity index (χ1) is 5.93. The van der Waals surface area contributed by atoms with Gasteiger partial charge in [-0.05, 0) is 37.3 Å². The van der Waals surface area contributed by atoms with E-state index in [-0.39, 0.29) is 0 Å². The van der Waals surface area contributed by atoms with Gasteiger partial charge in [-0.1, -0.05) is 18.7 Å². The van der Waals surface area contributed by atoms with Gasteiger partial charge in [-0.25, -0.2) is 0 Å². The van der Waals surface area contributed by atoms with E-state index in [2.05, 4.69) is 18.7 Å². The molecule has 0 bridgehead atoms. The Kier molecular flexibility index (Phi) is 4.28. The highest BCUT2D eigenvalue weighted by molar-refractivity contribution is 5.18. The predicted molar refractivity (Wildman–Crippen MR) is 51.8 cm³/mol. The van der Waals surface area contributed by atoms with Gasteiger partial charge in [-0.3, -0.25) is 0 Å². The molecule has 1 aliphatic carbocycles. The van der Waals surface area contributed by atoms with Crippen LogP contribution in [0.5, 0.6) is 0 Å². The Hall–Kier alpha value is -0.980. The van der Waals surface area contributed by atoms with Gasteiger partial charge in [0.15, 0.2) is 0 Å². The quantitative estimate of drug-likeness (QED) is 0.352. The highest BCUT2D eigenvalue weighted by Gasteiger charge is 1.98. The van der Waals surface area contributed by atoms with Crippen molar-refractivity contribution in [2.75, 3.05) is 6.61 Å². The summed E-state index contributed by atoms with van der Waals surface area (Å²) in [6, 6.07) is 0. The van der Waals surface area contributed by atoms with E-state index < -0.39 is 0 Å². The summed E-state index contributed by atoms with van der Waals surface area (Å²) in [6.45, 7) is 4.17. The van der Waals surface area contributed by atoms with Crippen LogP contribution < -0.4 is 0 Å². The largest absolute Gasteiger partial charge is 0.497 e. The van der Waals surface area contributed by atoms with Crippen LogP contribution in [0.4, 0.5) is 0 Å². The number of rotatable bonds is 4. The summed E-state index contributed by atoms with van der Waals surface area (Å²) in [6.07, 6.45) is 12.9. The van der Waals surface area contributed by atoms with Crippen LogP contribution in [0, 0.1) is 0 Å². The first-order valence-electron chi connectivity index (χ1n) is 4.51. The van der Waals surface area contributed by atoms with Crippen molar-refractivity contribution in [3.8, 4) is 0 Å². The average Bonchev–Trinajstić information content (AvgIpc) is 2.14. The molecule has 0 unspecified atom stereocenters. The fraction of sp³-hybridized carbons (Fsp3) is 0.455. The SMILES string of the molecule is C=CCO/C=C/C1=CCCCC1. The third-order valence-corrected chi connectivity index (χ3v) is 1.92. The van der Waals surface area contributed by atoms with Crippen molar-refractivity contribution in [1.29, 1.82) is 0 Å². The van der Waals surface area contributed by atoms with E-state index in [1.807, 2.05) is 0 Å². The van der Waals surface area contributed by atoms with Crippen LogP contribution in [0.1, 0.15) is 25.7 Å². The van der Waals surface area contributed by atoms with Gasteiger partial charge in [0, 0.05) is 0 Å². The summed E-state index contributed by atoms with van der Waals surface area (Å²) in [5.41, 5.74) is 1.41. The van der Waals surface area contributed by atoms with Gasteiger partial charge in [0.05, 0.1) is 6.26 Å². The number of allylic oxidation sites excluding steroid dienone is 3. The van der Waals surface area contributed by atoms with Crippen LogP contribution in [0.25, 0.3) is 0 Å². The predicted octanol–water partition coefficient (Wildman–Crippen LogP) is 3.20. The Morgan fingerprint density at radius 3 is 3.08 bits per heavy atom. The second kappa shape index (κ2) is 5.64. The van der Waals surface area contributed by atoms with Crippen molar-refractivity contribution in [2.45, 2.75) is 25.7 Å². The maximum atomic E-state index is 5.15. The van der Waals surface area contributed by atoms with E-state index in [4.69, 9.17) is 4.74 Å². The molecule has 66 valence electrons. The molecule has 0 heterocycles. The first-order valence-corrected chi connectivity index (χ1v) is 4.51. The Bertz CT molecular complexity index is 189. The average molecular weight is 164 g/mol. The number of hydrogen-bond acceptors (Lipinski definition) is 1. The van der Waals surface area contributed by atoms with Crippen molar-refractivity contribution in [3.63, 3.8) is 0 Å². The summed E-state index contributed by atoms with van der Waals surface area (Å²) >= 11 is 0. The molecule has 1 heteroatoms. The molecule has 0 saturated heterocycles. The minimum absolute atomic E-state index is 0.601. The first kappa shape index (κ1) is 9.11. The highest BCUT2D eigenvalue weighted by atomic mass is 16.5. The molecule has 0 saturated carbocycles. The van der Waals surface area contributed by atoms with Crippen molar-refractivity contribution in [3.05, 3.63) is 36.6 Å². The van der Waals surface area contributed by atoms with Gasteiger partial charge in [0.1, 0.15) is 6.61 Å². The van der Waals surface area contributed by atoms with Crippen molar-refractivity contribution >= 4 is 0 Å². The molecule has 12 heavy (non-hydrogen) atoms. The third kappa shape index (κ3) is 3.42. The summed E-state index contributed by atoms with van der Waals surface area (Å²) in [7, 11) is 0. The molecule has 0 aromatic rings. The number of hydrogen-bond donors (Lipinski definition) is 0. The standard InChI is InChI=1S/C11H16O/c1-2-9-12-10-8-11-6-4-3-5-7-11/h2,6,8,10H,1,3-5,7,9H2/b10-8+. The fourth-order valence-corrected chi connectivity index (χ4v) is 1.27. The number of ether oxygens (including phenoxy) is 1. The lowest BCUT2D eigenvalue weighted by atomic mass is 10.00. The molecule has 0 aromatic heterocycles. The second-order valence-corrected chi connectivity index (χ2v) is 2.95. The molecule has 0 atom stereocenters. The molecular weight excluding hydrogens is 148 g/mol. The van der Waals surface area contributed by atoms with Crippen molar-refractivity contribution < 1.29 is 4.74 Å². The second-order valence-electron chi connectivity index (χ2n) is 2.95. The van der Waals surface area contributed by atoms with Gasteiger partial charge < -0.3 is 4.74 Å². The Morgan fingerprint density at radius 1 is 1.50 bits per heavy atom. The topological polar surface area (TPSA) is 9.23 Å². The van der Waals surface area contributed by atoms with E-state index in [0.29, 0.717) is 6.61 Å². The van der Waals surface area contributed by atoms with Gasteiger partial charge in [0.2, 0.25) is 0 Å².